The Hall–Kier alpha value is -1.04. The normalized spacial score (nSPS) is 27.8. The second-order valence-electron chi connectivity index (χ2n) is 6.78. The fraction of sp³-hybridized carbons (Fsp3) is 0.579. The third kappa shape index (κ3) is 1.96. The minimum atomic E-state index is 0.779. The Morgan fingerprint density at radius 1 is 0.789 bits per heavy atom. The summed E-state index contributed by atoms with van der Waals surface area (Å²) in [7, 11) is 0. The fourth-order valence-corrected chi connectivity index (χ4v) is 4.82. The van der Waals surface area contributed by atoms with Gasteiger partial charge in [0, 0.05) is 5.92 Å². The molecule has 1 unspecified atom stereocenters. The maximum absolute atomic E-state index is 2.56. The molecule has 0 N–H and O–H groups in total. The maximum atomic E-state index is 2.56. The monoisotopic (exact) mass is 252 g/mol. The number of allylic oxidation sites excluding steroid dienone is 1. The molecule has 0 saturated heterocycles. The lowest BCUT2D eigenvalue weighted by atomic mass is 9.77. The Balaban J connectivity index is 1.72. The molecule has 0 amide bonds. The van der Waals surface area contributed by atoms with Gasteiger partial charge in [-0.05, 0) is 48.6 Å². The highest BCUT2D eigenvalue weighted by atomic mass is 14.4. The molecule has 100 valence electrons. The van der Waals surface area contributed by atoms with Gasteiger partial charge in [-0.3, -0.25) is 0 Å². The highest BCUT2D eigenvalue weighted by Crippen LogP contribution is 2.51. The van der Waals surface area contributed by atoms with Gasteiger partial charge in [0.15, 0.2) is 0 Å². The van der Waals surface area contributed by atoms with E-state index in [1.54, 1.807) is 5.56 Å². The summed E-state index contributed by atoms with van der Waals surface area (Å²) >= 11 is 0. The van der Waals surface area contributed by atoms with Crippen LogP contribution in [0.1, 0.15) is 68.4 Å². The molecule has 0 aliphatic heterocycles. The van der Waals surface area contributed by atoms with Gasteiger partial charge in [0.25, 0.3) is 0 Å². The van der Waals surface area contributed by atoms with Crippen LogP contribution < -0.4 is 0 Å². The van der Waals surface area contributed by atoms with E-state index in [1.807, 2.05) is 5.57 Å². The molecule has 2 fully saturated rings. The molecular weight excluding hydrogens is 228 g/mol. The van der Waals surface area contributed by atoms with Crippen molar-refractivity contribution in [3.8, 4) is 0 Å². The minimum Gasteiger partial charge on any atom is -0.0619 e. The quantitative estimate of drug-likeness (QED) is 0.647. The van der Waals surface area contributed by atoms with Gasteiger partial charge in [0.1, 0.15) is 0 Å². The lowest BCUT2D eigenvalue weighted by Crippen LogP contribution is -2.14. The summed E-state index contributed by atoms with van der Waals surface area (Å²) in [5.41, 5.74) is 4.99. The van der Waals surface area contributed by atoms with Crippen LogP contribution in [0.3, 0.4) is 0 Å². The molecule has 0 heteroatoms. The van der Waals surface area contributed by atoms with Crippen molar-refractivity contribution in [2.24, 2.45) is 11.8 Å². The van der Waals surface area contributed by atoms with E-state index in [0.717, 1.165) is 17.8 Å². The van der Waals surface area contributed by atoms with E-state index in [2.05, 4.69) is 30.3 Å². The molecule has 0 radical (unpaired) electrons. The summed E-state index contributed by atoms with van der Waals surface area (Å²) < 4.78 is 0. The first-order chi connectivity index (χ1) is 9.43. The van der Waals surface area contributed by atoms with Crippen LogP contribution in [-0.4, -0.2) is 0 Å². The van der Waals surface area contributed by atoms with Crippen molar-refractivity contribution < 1.29 is 0 Å². The fourth-order valence-electron chi connectivity index (χ4n) is 4.82. The second-order valence-corrected chi connectivity index (χ2v) is 6.78. The topological polar surface area (TPSA) is 0 Å². The Labute approximate surface area is 116 Å². The summed E-state index contributed by atoms with van der Waals surface area (Å²) in [5, 5.41) is 0. The molecule has 3 aliphatic rings. The Kier molecular flexibility index (Phi) is 2.98. The maximum Gasteiger partial charge on any atom is 0.00884 e. The average molecular weight is 252 g/mol. The van der Waals surface area contributed by atoms with Gasteiger partial charge < -0.3 is 0 Å². The van der Waals surface area contributed by atoms with Gasteiger partial charge in [0.05, 0.1) is 0 Å². The van der Waals surface area contributed by atoms with E-state index in [0.29, 0.717) is 0 Å². The van der Waals surface area contributed by atoms with Crippen LogP contribution in [0, 0.1) is 11.8 Å². The Bertz CT molecular complexity index is 485. The number of rotatable bonds is 2. The number of fused-ring (bicyclic) bond motifs is 1. The average Bonchev–Trinajstić information content (AvgIpc) is 3.17. The minimum absolute atomic E-state index is 0.779. The van der Waals surface area contributed by atoms with Gasteiger partial charge in [0.2, 0.25) is 0 Å². The SMILES string of the molecule is C1=C(C2CCCC2)C(C2CCCC2)c2ccccc21. The van der Waals surface area contributed by atoms with Gasteiger partial charge in [-0.1, -0.05) is 61.6 Å². The highest BCUT2D eigenvalue weighted by Gasteiger charge is 2.37. The molecule has 4 rings (SSSR count). The smallest absolute Gasteiger partial charge is 0.00884 e. The largest absolute Gasteiger partial charge is 0.0619 e. The van der Waals surface area contributed by atoms with Crippen LogP contribution in [0.25, 0.3) is 6.08 Å². The van der Waals surface area contributed by atoms with E-state index in [4.69, 9.17) is 0 Å². The van der Waals surface area contributed by atoms with E-state index in [1.165, 1.54) is 56.9 Å². The number of hydrogen-bond acceptors (Lipinski definition) is 0. The molecule has 19 heavy (non-hydrogen) atoms. The van der Waals surface area contributed by atoms with Crippen LogP contribution in [0.2, 0.25) is 0 Å². The van der Waals surface area contributed by atoms with Crippen molar-refractivity contribution in [1.82, 2.24) is 0 Å². The Morgan fingerprint density at radius 2 is 1.47 bits per heavy atom. The van der Waals surface area contributed by atoms with E-state index < -0.39 is 0 Å². The molecular formula is C19H24. The van der Waals surface area contributed by atoms with Gasteiger partial charge >= 0.3 is 0 Å². The van der Waals surface area contributed by atoms with Crippen LogP contribution >= 0.6 is 0 Å². The van der Waals surface area contributed by atoms with Crippen LogP contribution in [0.15, 0.2) is 29.8 Å². The number of benzene rings is 1. The summed E-state index contributed by atoms with van der Waals surface area (Å²) in [6.45, 7) is 0. The van der Waals surface area contributed by atoms with Crippen molar-refractivity contribution in [2.75, 3.05) is 0 Å². The van der Waals surface area contributed by atoms with Crippen molar-refractivity contribution >= 4 is 6.08 Å². The third-order valence-electron chi connectivity index (χ3n) is 5.71. The summed E-state index contributed by atoms with van der Waals surface area (Å²) in [6, 6.07) is 9.18. The van der Waals surface area contributed by atoms with Gasteiger partial charge in [-0.25, -0.2) is 0 Å². The summed E-state index contributed by atoms with van der Waals surface area (Å²) in [4.78, 5) is 0. The van der Waals surface area contributed by atoms with Crippen molar-refractivity contribution in [3.63, 3.8) is 0 Å². The molecule has 0 nitrogen and oxygen atoms in total. The van der Waals surface area contributed by atoms with Gasteiger partial charge in [-0.2, -0.15) is 0 Å². The van der Waals surface area contributed by atoms with Crippen molar-refractivity contribution in [2.45, 2.75) is 57.3 Å². The summed E-state index contributed by atoms with van der Waals surface area (Å²) in [5.74, 6) is 2.62. The standard InChI is InChI=1S/C19H24/c1-2-8-14(7-1)18-13-16-11-5-6-12-17(16)19(18)15-9-3-4-10-15/h5-6,11-15,19H,1-4,7-10H2. The molecule has 0 heterocycles. The first-order valence-electron chi connectivity index (χ1n) is 8.24. The Morgan fingerprint density at radius 3 is 2.26 bits per heavy atom. The summed E-state index contributed by atoms with van der Waals surface area (Å²) in [6.07, 6.45) is 14.2. The number of hydrogen-bond donors (Lipinski definition) is 0. The second kappa shape index (κ2) is 4.81. The highest BCUT2D eigenvalue weighted by molar-refractivity contribution is 5.67. The predicted octanol–water partition coefficient (Wildman–Crippen LogP) is 5.55. The lowest BCUT2D eigenvalue weighted by molar-refractivity contribution is 0.444. The van der Waals surface area contributed by atoms with Crippen LogP contribution in [0.5, 0.6) is 0 Å². The van der Waals surface area contributed by atoms with Crippen molar-refractivity contribution in [3.05, 3.63) is 41.0 Å². The first kappa shape index (κ1) is 11.8. The third-order valence-corrected chi connectivity index (χ3v) is 5.71. The van der Waals surface area contributed by atoms with Crippen LogP contribution in [-0.2, 0) is 0 Å². The molecule has 1 aromatic carbocycles. The molecule has 1 atom stereocenters. The first-order valence-corrected chi connectivity index (χ1v) is 8.24. The van der Waals surface area contributed by atoms with E-state index in [-0.39, 0.29) is 0 Å². The molecule has 2 saturated carbocycles. The molecule has 0 bridgehead atoms. The van der Waals surface area contributed by atoms with E-state index in [9.17, 15) is 0 Å². The zero-order valence-electron chi connectivity index (χ0n) is 11.8. The molecule has 1 aromatic rings. The van der Waals surface area contributed by atoms with Crippen molar-refractivity contribution in [1.29, 1.82) is 0 Å². The lowest BCUT2D eigenvalue weighted by Gasteiger charge is -2.27. The van der Waals surface area contributed by atoms with Gasteiger partial charge in [-0.15, -0.1) is 0 Å². The molecule has 0 aromatic heterocycles. The van der Waals surface area contributed by atoms with E-state index >= 15 is 0 Å². The zero-order chi connectivity index (χ0) is 12.7. The molecule has 3 aliphatic carbocycles. The zero-order valence-corrected chi connectivity index (χ0v) is 11.8. The predicted molar refractivity (Wildman–Crippen MR) is 81.1 cm³/mol. The van der Waals surface area contributed by atoms with Crippen LogP contribution in [0.4, 0.5) is 0 Å². The molecule has 0 spiro atoms.